The minimum absolute atomic E-state index is 0.128. The first kappa shape index (κ1) is 20.6. The largest absolute Gasteiger partial charge is 0.497 e. The van der Waals surface area contributed by atoms with Crippen LogP contribution in [0.2, 0.25) is 0 Å². The molecule has 0 aliphatic carbocycles. The molecule has 0 spiro atoms. The molecule has 8 heteroatoms. The highest BCUT2D eigenvalue weighted by Gasteiger charge is 2.30. The first-order valence-corrected chi connectivity index (χ1v) is 10.5. The predicted molar refractivity (Wildman–Crippen MR) is 120 cm³/mol. The van der Waals surface area contributed by atoms with Crippen molar-refractivity contribution in [3.8, 4) is 22.8 Å². The lowest BCUT2D eigenvalue weighted by Crippen LogP contribution is -2.27. The van der Waals surface area contributed by atoms with Gasteiger partial charge < -0.3 is 19.7 Å². The van der Waals surface area contributed by atoms with Gasteiger partial charge in [-0.2, -0.15) is 0 Å². The third-order valence-electron chi connectivity index (χ3n) is 5.04. The molecule has 0 saturated heterocycles. The molecule has 0 atom stereocenters. The van der Waals surface area contributed by atoms with E-state index in [1.807, 2.05) is 35.7 Å². The van der Waals surface area contributed by atoms with Crippen LogP contribution >= 0.6 is 11.3 Å². The summed E-state index contributed by atoms with van der Waals surface area (Å²) in [4.78, 5) is 31.0. The summed E-state index contributed by atoms with van der Waals surface area (Å²) in [5.41, 5.74) is 3.54. The van der Waals surface area contributed by atoms with Gasteiger partial charge in [-0.3, -0.25) is 9.59 Å². The topological polar surface area (TPSA) is 80.8 Å². The van der Waals surface area contributed by atoms with Crippen LogP contribution in [-0.4, -0.2) is 42.5 Å². The van der Waals surface area contributed by atoms with Gasteiger partial charge in [-0.1, -0.05) is 24.8 Å². The Morgan fingerprint density at radius 1 is 1.13 bits per heavy atom. The number of carbonyl (C=O) groups is 2. The lowest BCUT2D eigenvalue weighted by atomic mass is 10.1. The molecule has 0 radical (unpaired) electrons. The number of hydrogen-bond acceptors (Lipinski definition) is 6. The Hall–Kier alpha value is -3.65. The van der Waals surface area contributed by atoms with Gasteiger partial charge >= 0.3 is 0 Å². The first-order valence-electron chi connectivity index (χ1n) is 9.59. The van der Waals surface area contributed by atoms with Crippen LogP contribution in [0.25, 0.3) is 17.0 Å². The highest BCUT2D eigenvalue weighted by Crippen LogP contribution is 2.35. The number of aromatic nitrogens is 1. The average Bonchev–Trinajstić information content (AvgIpc) is 3.35. The number of nitrogens with one attached hydrogen (secondary N) is 1. The molecular formula is C23H21N3O4S. The van der Waals surface area contributed by atoms with Crippen molar-refractivity contribution in [3.05, 3.63) is 65.6 Å². The smallest absolute Gasteiger partial charge is 0.258 e. The maximum atomic E-state index is 12.5. The number of fused-ring (bicyclic) bond motifs is 1. The molecule has 2 heterocycles. The number of methoxy groups -OCH3 is 2. The summed E-state index contributed by atoms with van der Waals surface area (Å²) < 4.78 is 10.6. The number of nitrogens with zero attached hydrogens (tertiary/aromatic N) is 2. The zero-order valence-electron chi connectivity index (χ0n) is 17.2. The lowest BCUT2D eigenvalue weighted by Gasteiger charge is -2.16. The molecule has 158 valence electrons. The summed E-state index contributed by atoms with van der Waals surface area (Å²) in [6, 6.07) is 12.8. The highest BCUT2D eigenvalue weighted by molar-refractivity contribution is 7.14. The average molecular weight is 436 g/mol. The van der Waals surface area contributed by atoms with E-state index >= 15 is 0 Å². The normalized spacial score (nSPS) is 12.6. The molecule has 0 bridgehead atoms. The summed E-state index contributed by atoms with van der Waals surface area (Å²) in [6.45, 7) is 4.25. The van der Waals surface area contributed by atoms with Gasteiger partial charge in [0.1, 0.15) is 11.5 Å². The molecule has 2 amide bonds. The summed E-state index contributed by atoms with van der Waals surface area (Å²) >= 11 is 1.32. The van der Waals surface area contributed by atoms with E-state index in [4.69, 9.17) is 9.47 Å². The molecule has 1 aliphatic heterocycles. The van der Waals surface area contributed by atoms with Crippen molar-refractivity contribution in [1.82, 2.24) is 9.88 Å². The molecule has 0 saturated carbocycles. The van der Waals surface area contributed by atoms with E-state index in [2.05, 4.69) is 16.9 Å². The van der Waals surface area contributed by atoms with Crippen LogP contribution < -0.4 is 14.8 Å². The highest BCUT2D eigenvalue weighted by atomic mass is 32.1. The number of amides is 2. The molecule has 3 aromatic rings. The summed E-state index contributed by atoms with van der Waals surface area (Å²) in [6.07, 6.45) is 0.138. The predicted octanol–water partition coefficient (Wildman–Crippen LogP) is 4.28. The van der Waals surface area contributed by atoms with E-state index in [1.165, 1.54) is 11.3 Å². The van der Waals surface area contributed by atoms with Crippen LogP contribution in [0.1, 0.15) is 22.3 Å². The monoisotopic (exact) mass is 435 g/mol. The van der Waals surface area contributed by atoms with E-state index < -0.39 is 0 Å². The molecule has 31 heavy (non-hydrogen) atoms. The Kier molecular flexibility index (Phi) is 5.73. The molecule has 1 N–H and O–H groups in total. The fourth-order valence-corrected chi connectivity index (χ4v) is 4.16. The Morgan fingerprint density at radius 3 is 2.61 bits per heavy atom. The molecule has 0 fully saturated rings. The molecular weight excluding hydrogens is 414 g/mol. The molecule has 1 aliphatic rings. The number of carbonyl (C=O) groups excluding carboxylic acids is 2. The maximum absolute atomic E-state index is 12.5. The van der Waals surface area contributed by atoms with E-state index in [1.54, 1.807) is 31.3 Å². The third-order valence-corrected chi connectivity index (χ3v) is 5.79. The van der Waals surface area contributed by atoms with E-state index in [0.29, 0.717) is 33.6 Å². The van der Waals surface area contributed by atoms with Crippen LogP contribution in [0.4, 0.5) is 5.13 Å². The summed E-state index contributed by atoms with van der Waals surface area (Å²) in [7, 11) is 3.17. The second kappa shape index (κ2) is 8.61. The van der Waals surface area contributed by atoms with Crippen molar-refractivity contribution >= 4 is 34.0 Å². The lowest BCUT2D eigenvalue weighted by molar-refractivity contribution is -0.116. The number of ether oxygens (including phenoxy) is 2. The number of rotatable bonds is 7. The van der Waals surface area contributed by atoms with Crippen LogP contribution in [0.15, 0.2) is 54.4 Å². The van der Waals surface area contributed by atoms with Gasteiger partial charge in [-0.15, -0.1) is 11.3 Å². The van der Waals surface area contributed by atoms with Crippen LogP contribution in [0.5, 0.6) is 11.5 Å². The number of benzene rings is 2. The second-order valence-corrected chi connectivity index (χ2v) is 7.71. The maximum Gasteiger partial charge on any atom is 0.258 e. The van der Waals surface area contributed by atoms with Crippen molar-refractivity contribution in [3.63, 3.8) is 0 Å². The Morgan fingerprint density at radius 2 is 1.90 bits per heavy atom. The van der Waals surface area contributed by atoms with Crippen molar-refractivity contribution in [2.75, 3.05) is 26.1 Å². The fourth-order valence-electron chi connectivity index (χ4n) is 3.43. The van der Waals surface area contributed by atoms with E-state index in [-0.39, 0.29) is 24.8 Å². The zero-order valence-corrected chi connectivity index (χ0v) is 18.0. The van der Waals surface area contributed by atoms with Gasteiger partial charge in [0.2, 0.25) is 5.91 Å². The Bertz CT molecular complexity index is 1140. The van der Waals surface area contributed by atoms with Gasteiger partial charge in [-0.05, 0) is 18.2 Å². The van der Waals surface area contributed by atoms with Gasteiger partial charge in [0.15, 0.2) is 5.13 Å². The molecule has 2 aromatic carbocycles. The summed E-state index contributed by atoms with van der Waals surface area (Å²) in [5, 5.41) is 5.13. The third kappa shape index (κ3) is 4.02. The van der Waals surface area contributed by atoms with Gasteiger partial charge in [0, 0.05) is 46.8 Å². The Balaban J connectivity index is 1.39. The number of hydrogen-bond donors (Lipinski definition) is 1. The van der Waals surface area contributed by atoms with Gasteiger partial charge in [0.25, 0.3) is 5.91 Å². The molecule has 0 unspecified atom stereocenters. The van der Waals surface area contributed by atoms with E-state index in [9.17, 15) is 9.59 Å². The first-order chi connectivity index (χ1) is 15.0. The quantitative estimate of drug-likeness (QED) is 0.599. The SMILES string of the molecule is C=C1c2ccccc2C(=O)N1CCC(=O)Nc1nc(-c2ccc(OC)cc2OC)cs1. The van der Waals surface area contributed by atoms with Gasteiger partial charge in [-0.25, -0.2) is 4.98 Å². The number of anilines is 1. The molecule has 4 rings (SSSR count). The van der Waals surface area contributed by atoms with Crippen LogP contribution in [-0.2, 0) is 4.79 Å². The zero-order chi connectivity index (χ0) is 22.0. The van der Waals surface area contributed by atoms with Gasteiger partial charge in [0.05, 0.1) is 19.9 Å². The van der Waals surface area contributed by atoms with Crippen LogP contribution in [0, 0.1) is 0 Å². The van der Waals surface area contributed by atoms with Crippen molar-refractivity contribution in [1.29, 1.82) is 0 Å². The standard InChI is InChI=1S/C23H21N3O4S/c1-14-16-6-4-5-7-17(16)22(28)26(14)11-10-21(27)25-23-24-19(13-31-23)18-9-8-15(29-2)12-20(18)30-3/h4-9,12-13H,1,10-11H2,2-3H3,(H,24,25,27). The van der Waals surface area contributed by atoms with Crippen molar-refractivity contribution < 1.29 is 19.1 Å². The minimum atomic E-state index is -0.223. The Labute approximate surface area is 183 Å². The minimum Gasteiger partial charge on any atom is -0.497 e. The van der Waals surface area contributed by atoms with Crippen molar-refractivity contribution in [2.45, 2.75) is 6.42 Å². The van der Waals surface area contributed by atoms with Crippen LogP contribution in [0.3, 0.4) is 0 Å². The second-order valence-electron chi connectivity index (χ2n) is 6.85. The molecule has 7 nitrogen and oxygen atoms in total. The molecule has 1 aromatic heterocycles. The fraction of sp³-hybridized carbons (Fsp3) is 0.174. The van der Waals surface area contributed by atoms with E-state index in [0.717, 1.165) is 11.1 Å². The summed E-state index contributed by atoms with van der Waals surface area (Å²) in [5.74, 6) is 0.966. The van der Waals surface area contributed by atoms with Crippen molar-refractivity contribution in [2.24, 2.45) is 0 Å². The number of thiazole rings is 1.